The zero-order valence-electron chi connectivity index (χ0n) is 9.39. The number of hydrogen-bond donors (Lipinski definition) is 1. The Labute approximate surface area is 90.5 Å². The van der Waals surface area contributed by atoms with E-state index in [9.17, 15) is 4.39 Å². The van der Waals surface area contributed by atoms with Gasteiger partial charge in [0.05, 0.1) is 0 Å². The molecule has 0 bridgehead atoms. The van der Waals surface area contributed by atoms with Crippen LogP contribution in [0.4, 0.5) is 4.39 Å². The average Bonchev–Trinajstić information content (AvgIpc) is 2.39. The summed E-state index contributed by atoms with van der Waals surface area (Å²) >= 11 is 0. The van der Waals surface area contributed by atoms with Crippen molar-refractivity contribution in [2.75, 3.05) is 6.54 Å². The van der Waals surface area contributed by atoms with Gasteiger partial charge in [0.15, 0.2) is 0 Å². The molecule has 0 radical (unpaired) electrons. The Hall–Kier alpha value is -0.890. The Kier molecular flexibility index (Phi) is 2.55. The summed E-state index contributed by atoms with van der Waals surface area (Å²) in [6.45, 7) is 5.15. The van der Waals surface area contributed by atoms with E-state index in [-0.39, 0.29) is 11.2 Å². The molecule has 0 amide bonds. The highest BCUT2D eigenvalue weighted by Gasteiger charge is 2.38. The average molecular weight is 207 g/mol. The zero-order chi connectivity index (χ0) is 11.1. The van der Waals surface area contributed by atoms with Crippen LogP contribution >= 0.6 is 0 Å². The van der Waals surface area contributed by atoms with Crippen LogP contribution in [0.25, 0.3) is 0 Å². The van der Waals surface area contributed by atoms with Gasteiger partial charge in [-0.1, -0.05) is 19.9 Å². The van der Waals surface area contributed by atoms with Gasteiger partial charge in [-0.2, -0.15) is 0 Å². The van der Waals surface area contributed by atoms with Crippen molar-refractivity contribution in [3.63, 3.8) is 0 Å². The predicted octanol–water partition coefficient (Wildman–Crippen LogP) is 2.84. The fourth-order valence-electron chi connectivity index (χ4n) is 2.80. The van der Waals surface area contributed by atoms with Gasteiger partial charge in [0.1, 0.15) is 5.82 Å². The molecule has 1 aliphatic rings. The Morgan fingerprint density at radius 3 is 2.87 bits per heavy atom. The lowest BCUT2D eigenvalue weighted by atomic mass is 9.78. The molecule has 2 N–H and O–H groups in total. The number of halogens is 1. The summed E-state index contributed by atoms with van der Waals surface area (Å²) in [5.74, 6) is 0.279. The summed E-state index contributed by atoms with van der Waals surface area (Å²) in [4.78, 5) is 0. The van der Waals surface area contributed by atoms with Gasteiger partial charge in [0.2, 0.25) is 0 Å². The zero-order valence-corrected chi connectivity index (χ0v) is 9.39. The van der Waals surface area contributed by atoms with Crippen molar-refractivity contribution < 1.29 is 4.39 Å². The summed E-state index contributed by atoms with van der Waals surface area (Å²) in [6, 6.07) is 5.16. The van der Waals surface area contributed by atoms with Gasteiger partial charge in [-0.25, -0.2) is 4.39 Å². The number of rotatable bonds is 2. The van der Waals surface area contributed by atoms with Gasteiger partial charge < -0.3 is 5.73 Å². The topological polar surface area (TPSA) is 26.0 Å². The highest BCUT2D eigenvalue weighted by Crippen LogP contribution is 2.48. The van der Waals surface area contributed by atoms with E-state index in [1.165, 1.54) is 11.1 Å². The highest BCUT2D eigenvalue weighted by molar-refractivity contribution is 5.38. The first-order valence-corrected chi connectivity index (χ1v) is 5.53. The number of fused-ring (bicyclic) bond motifs is 1. The first-order valence-electron chi connectivity index (χ1n) is 5.53. The molecule has 0 heterocycles. The van der Waals surface area contributed by atoms with Crippen molar-refractivity contribution >= 4 is 0 Å². The van der Waals surface area contributed by atoms with Gasteiger partial charge in [0.25, 0.3) is 0 Å². The van der Waals surface area contributed by atoms with Crippen LogP contribution in [0.3, 0.4) is 0 Å². The highest BCUT2D eigenvalue weighted by atomic mass is 19.1. The summed E-state index contributed by atoms with van der Waals surface area (Å²) in [5, 5.41) is 0. The first-order chi connectivity index (χ1) is 7.04. The van der Waals surface area contributed by atoms with E-state index >= 15 is 0 Å². The maximum Gasteiger partial charge on any atom is 0.123 e. The van der Waals surface area contributed by atoms with Crippen LogP contribution in [0.15, 0.2) is 18.2 Å². The SMILES string of the molecule is CC1(C)Cc2ccc(F)cc2C1CCN. The van der Waals surface area contributed by atoms with Gasteiger partial charge in [-0.3, -0.25) is 0 Å². The van der Waals surface area contributed by atoms with Crippen LogP contribution in [-0.4, -0.2) is 6.54 Å². The van der Waals surface area contributed by atoms with Crippen LogP contribution in [-0.2, 0) is 6.42 Å². The van der Waals surface area contributed by atoms with E-state index < -0.39 is 0 Å². The molecule has 2 rings (SSSR count). The van der Waals surface area contributed by atoms with Crippen molar-refractivity contribution in [3.05, 3.63) is 35.1 Å². The van der Waals surface area contributed by atoms with Gasteiger partial charge >= 0.3 is 0 Å². The molecular weight excluding hydrogens is 189 g/mol. The second-order valence-corrected chi connectivity index (χ2v) is 5.14. The monoisotopic (exact) mass is 207 g/mol. The molecule has 15 heavy (non-hydrogen) atoms. The molecule has 0 aliphatic heterocycles. The lowest BCUT2D eigenvalue weighted by Crippen LogP contribution is -2.20. The Balaban J connectivity index is 2.42. The molecule has 2 heteroatoms. The van der Waals surface area contributed by atoms with E-state index in [4.69, 9.17) is 5.73 Å². The molecular formula is C13H18FN. The molecule has 1 aromatic carbocycles. The van der Waals surface area contributed by atoms with Crippen LogP contribution in [0.1, 0.15) is 37.3 Å². The maximum atomic E-state index is 13.2. The number of nitrogens with two attached hydrogens (primary N) is 1. The second kappa shape index (κ2) is 3.60. The van der Waals surface area contributed by atoms with Crippen molar-refractivity contribution in [1.82, 2.24) is 0 Å². The minimum atomic E-state index is -0.131. The number of hydrogen-bond acceptors (Lipinski definition) is 1. The Morgan fingerprint density at radius 2 is 2.20 bits per heavy atom. The van der Waals surface area contributed by atoms with Crippen molar-refractivity contribution in [3.8, 4) is 0 Å². The van der Waals surface area contributed by atoms with E-state index in [0.717, 1.165) is 12.8 Å². The fraction of sp³-hybridized carbons (Fsp3) is 0.538. The third-order valence-electron chi connectivity index (χ3n) is 3.53. The summed E-state index contributed by atoms with van der Waals surface area (Å²) in [6.07, 6.45) is 1.98. The Bertz CT molecular complexity index is 371. The molecule has 0 spiro atoms. The van der Waals surface area contributed by atoms with Crippen LogP contribution in [0.2, 0.25) is 0 Å². The lowest BCUT2D eigenvalue weighted by molar-refractivity contribution is 0.301. The van der Waals surface area contributed by atoms with Crippen LogP contribution in [0, 0.1) is 11.2 Å². The van der Waals surface area contributed by atoms with E-state index in [1.54, 1.807) is 12.1 Å². The maximum absolute atomic E-state index is 13.2. The summed E-state index contributed by atoms with van der Waals surface area (Å²) in [5.41, 5.74) is 8.31. The molecule has 0 saturated heterocycles. The van der Waals surface area contributed by atoms with Gasteiger partial charge in [-0.15, -0.1) is 0 Å². The van der Waals surface area contributed by atoms with Gasteiger partial charge in [0, 0.05) is 0 Å². The molecule has 0 saturated carbocycles. The number of benzene rings is 1. The minimum absolute atomic E-state index is 0.131. The standard InChI is InChI=1S/C13H18FN/c1-13(2)8-9-3-4-10(14)7-11(9)12(13)5-6-15/h3-4,7,12H,5-6,8,15H2,1-2H3. The first kappa shape index (κ1) is 10.6. The minimum Gasteiger partial charge on any atom is -0.330 e. The third kappa shape index (κ3) is 1.78. The van der Waals surface area contributed by atoms with Crippen LogP contribution in [0.5, 0.6) is 0 Å². The summed E-state index contributed by atoms with van der Waals surface area (Å²) < 4.78 is 13.2. The third-order valence-corrected chi connectivity index (χ3v) is 3.53. The molecule has 1 nitrogen and oxygen atoms in total. The van der Waals surface area contributed by atoms with Crippen LogP contribution < -0.4 is 5.73 Å². The Morgan fingerprint density at radius 1 is 1.47 bits per heavy atom. The molecule has 1 aliphatic carbocycles. The smallest absolute Gasteiger partial charge is 0.123 e. The van der Waals surface area contributed by atoms with Gasteiger partial charge in [-0.05, 0) is 54.0 Å². The fourth-order valence-corrected chi connectivity index (χ4v) is 2.80. The van der Waals surface area contributed by atoms with Crippen molar-refractivity contribution in [2.45, 2.75) is 32.6 Å². The summed E-state index contributed by atoms with van der Waals surface area (Å²) in [7, 11) is 0. The molecule has 1 atom stereocenters. The van der Waals surface area contributed by atoms with E-state index in [1.807, 2.05) is 6.07 Å². The van der Waals surface area contributed by atoms with E-state index in [2.05, 4.69) is 13.8 Å². The molecule has 1 unspecified atom stereocenters. The predicted molar refractivity (Wildman–Crippen MR) is 60.3 cm³/mol. The van der Waals surface area contributed by atoms with Crippen molar-refractivity contribution in [2.24, 2.45) is 11.1 Å². The molecule has 82 valence electrons. The van der Waals surface area contributed by atoms with E-state index in [0.29, 0.717) is 12.5 Å². The lowest BCUT2D eigenvalue weighted by Gasteiger charge is -2.27. The quantitative estimate of drug-likeness (QED) is 0.793. The molecule has 1 aromatic rings. The normalized spacial score (nSPS) is 22.8. The second-order valence-electron chi connectivity index (χ2n) is 5.14. The largest absolute Gasteiger partial charge is 0.330 e. The molecule has 0 fully saturated rings. The van der Waals surface area contributed by atoms with Crippen molar-refractivity contribution in [1.29, 1.82) is 0 Å². The molecule has 0 aromatic heterocycles.